The minimum Gasteiger partial charge on any atom is -0.493 e. The van der Waals surface area contributed by atoms with E-state index < -0.39 is 39.5 Å². The van der Waals surface area contributed by atoms with Gasteiger partial charge in [0, 0.05) is 33.8 Å². The quantitative estimate of drug-likeness (QED) is 0.413. The van der Waals surface area contributed by atoms with Gasteiger partial charge in [0.05, 0.1) is 24.8 Å². The number of carbonyl (C=O) groups excluding carboxylic acids is 2. The number of primary amides is 1. The van der Waals surface area contributed by atoms with Crippen molar-refractivity contribution in [2.45, 2.75) is 35.4 Å². The summed E-state index contributed by atoms with van der Waals surface area (Å²) >= 11 is 12.9. The molecule has 41 heavy (non-hydrogen) atoms. The Bertz CT molecular complexity index is 1650. The van der Waals surface area contributed by atoms with Crippen molar-refractivity contribution in [3.63, 3.8) is 0 Å². The largest absolute Gasteiger partial charge is 0.493 e. The first kappa shape index (κ1) is 29.0. The zero-order chi connectivity index (χ0) is 29.7. The molecule has 0 bridgehead atoms. The molecule has 0 saturated carbocycles. The number of nitrogens with zero attached hydrogens (tertiary/aromatic N) is 2. The van der Waals surface area contributed by atoms with Crippen molar-refractivity contribution in [2.75, 3.05) is 25.1 Å². The summed E-state index contributed by atoms with van der Waals surface area (Å²) in [5.41, 5.74) is 3.46. The van der Waals surface area contributed by atoms with E-state index in [1.807, 2.05) is 0 Å². The fraction of sp³-hybridized carbons (Fsp3) is 0.286. The van der Waals surface area contributed by atoms with Crippen molar-refractivity contribution in [3.8, 4) is 11.5 Å². The van der Waals surface area contributed by atoms with Gasteiger partial charge < -0.3 is 25.2 Å². The maximum absolute atomic E-state index is 14.5. The summed E-state index contributed by atoms with van der Waals surface area (Å²) in [6.07, 6.45) is 0.775. The second-order valence-electron chi connectivity index (χ2n) is 9.72. The summed E-state index contributed by atoms with van der Waals surface area (Å²) in [4.78, 5) is 27.7. The first-order chi connectivity index (χ1) is 19.5. The minimum atomic E-state index is -4.59. The van der Waals surface area contributed by atoms with E-state index >= 15 is 0 Å². The molecule has 0 radical (unpaired) electrons. The van der Waals surface area contributed by atoms with Crippen LogP contribution in [0.2, 0.25) is 10.0 Å². The molecular formula is C28H27Cl2N3O7S. The molecule has 2 amide bonds. The number of rotatable bonds is 7. The number of nitrogens with two attached hydrogens (primary N) is 1. The van der Waals surface area contributed by atoms with E-state index in [-0.39, 0.29) is 44.0 Å². The van der Waals surface area contributed by atoms with Crippen molar-refractivity contribution >= 4 is 50.7 Å². The molecule has 1 unspecified atom stereocenters. The number of carbonyl (C=O) groups is 2. The molecule has 3 atom stereocenters. The highest BCUT2D eigenvalue weighted by molar-refractivity contribution is 7.93. The minimum absolute atomic E-state index is 0.0137. The van der Waals surface area contributed by atoms with Crippen molar-refractivity contribution < 1.29 is 32.6 Å². The number of hydrogen-bond donors (Lipinski definition) is 2. The lowest BCUT2D eigenvalue weighted by atomic mass is 9.82. The number of anilines is 1. The molecule has 3 N–H and O–H groups in total. The van der Waals surface area contributed by atoms with Gasteiger partial charge in [-0.1, -0.05) is 41.4 Å². The van der Waals surface area contributed by atoms with Gasteiger partial charge >= 0.3 is 0 Å². The van der Waals surface area contributed by atoms with Crippen LogP contribution in [0.1, 0.15) is 24.0 Å². The Morgan fingerprint density at radius 3 is 2.37 bits per heavy atom. The predicted octanol–water partition coefficient (Wildman–Crippen LogP) is 3.30. The zero-order valence-electron chi connectivity index (χ0n) is 22.1. The molecule has 13 heteroatoms. The molecule has 3 aromatic rings. The Balaban J connectivity index is 1.80. The molecule has 0 spiro atoms. The molecule has 216 valence electrons. The van der Waals surface area contributed by atoms with Crippen LogP contribution in [0.25, 0.3) is 0 Å². The highest BCUT2D eigenvalue weighted by Crippen LogP contribution is 2.53. The standard InChI is InChI=1S/C28H27Cl2N3O7S/c1-39-23-12-10-17(15-24(23)40-2)41(37,38)33-21-11-9-16(29)14-19(21)28(36,18-6-3-4-7-20(18)30)25(33)27(35)32-13-5-8-22(32)26(31)34/h3-4,6-7,9-12,14-15,22,25,36H,5,8,13H2,1-2H3,(H2,31,34)/t22-,25?,28+/m0/s1. The van der Waals surface area contributed by atoms with Gasteiger partial charge in [0.15, 0.2) is 17.5 Å². The molecule has 1 fully saturated rings. The van der Waals surface area contributed by atoms with Gasteiger partial charge in [-0.3, -0.25) is 9.59 Å². The first-order valence-corrected chi connectivity index (χ1v) is 14.8. The maximum atomic E-state index is 14.5. The van der Waals surface area contributed by atoms with E-state index in [0.29, 0.717) is 18.6 Å². The van der Waals surface area contributed by atoms with Gasteiger partial charge in [-0.2, -0.15) is 0 Å². The second-order valence-corrected chi connectivity index (χ2v) is 12.4. The van der Waals surface area contributed by atoms with Crippen molar-refractivity contribution in [1.82, 2.24) is 4.90 Å². The fourth-order valence-electron chi connectivity index (χ4n) is 5.65. The molecule has 10 nitrogen and oxygen atoms in total. The van der Waals surface area contributed by atoms with Gasteiger partial charge in [-0.25, -0.2) is 12.7 Å². The van der Waals surface area contributed by atoms with Crippen LogP contribution in [0.5, 0.6) is 11.5 Å². The summed E-state index contributed by atoms with van der Waals surface area (Å²) in [7, 11) is -1.81. The Morgan fingerprint density at radius 2 is 1.71 bits per heavy atom. The highest BCUT2D eigenvalue weighted by Gasteiger charge is 2.61. The van der Waals surface area contributed by atoms with E-state index in [2.05, 4.69) is 0 Å². The third-order valence-corrected chi connectivity index (χ3v) is 9.87. The Labute approximate surface area is 247 Å². The molecule has 1 saturated heterocycles. The lowest BCUT2D eigenvalue weighted by Crippen LogP contribution is -2.59. The monoisotopic (exact) mass is 619 g/mol. The van der Waals surface area contributed by atoms with Crippen LogP contribution in [0, 0.1) is 0 Å². The average molecular weight is 621 g/mol. The summed E-state index contributed by atoms with van der Waals surface area (Å²) in [6.45, 7) is 0.142. The van der Waals surface area contributed by atoms with Crippen LogP contribution in [-0.2, 0) is 25.2 Å². The number of ether oxygens (including phenoxy) is 2. The second kappa shape index (κ2) is 10.7. The van der Waals surface area contributed by atoms with Crippen LogP contribution >= 0.6 is 23.2 Å². The highest BCUT2D eigenvalue weighted by atomic mass is 35.5. The Kier molecular flexibility index (Phi) is 7.58. The molecule has 0 aromatic heterocycles. The lowest BCUT2D eigenvalue weighted by molar-refractivity contribution is -0.141. The summed E-state index contributed by atoms with van der Waals surface area (Å²) in [5.74, 6) is -1.11. The number of likely N-dealkylation sites (tertiary alicyclic amines) is 1. The van der Waals surface area contributed by atoms with Gasteiger partial charge in [-0.15, -0.1) is 0 Å². The number of fused-ring (bicyclic) bond motifs is 1. The number of hydrogen-bond acceptors (Lipinski definition) is 7. The molecule has 5 rings (SSSR count). The van der Waals surface area contributed by atoms with Crippen molar-refractivity contribution in [3.05, 3.63) is 81.8 Å². The van der Waals surface area contributed by atoms with E-state index in [1.54, 1.807) is 12.1 Å². The molecule has 2 aliphatic heterocycles. The van der Waals surface area contributed by atoms with Crippen LogP contribution in [0.3, 0.4) is 0 Å². The number of amides is 2. The van der Waals surface area contributed by atoms with Gasteiger partial charge in [-0.05, 0) is 49.2 Å². The van der Waals surface area contributed by atoms with E-state index in [4.69, 9.17) is 38.4 Å². The predicted molar refractivity (Wildman–Crippen MR) is 153 cm³/mol. The van der Waals surface area contributed by atoms with Crippen molar-refractivity contribution in [2.24, 2.45) is 5.73 Å². The number of aliphatic hydroxyl groups is 1. The SMILES string of the molecule is COc1ccc(S(=O)(=O)N2c3ccc(Cl)cc3[C@](O)(c3ccccc3Cl)C2C(=O)N2CCC[C@H]2C(N)=O)cc1OC. The van der Waals surface area contributed by atoms with E-state index in [0.717, 1.165) is 4.31 Å². The third kappa shape index (κ3) is 4.57. The smallest absolute Gasteiger partial charge is 0.265 e. The normalized spacial score (nSPS) is 22.0. The van der Waals surface area contributed by atoms with Gasteiger partial charge in [0.1, 0.15) is 11.6 Å². The number of sulfonamides is 1. The molecule has 3 aromatic carbocycles. The molecule has 2 heterocycles. The maximum Gasteiger partial charge on any atom is 0.265 e. The van der Waals surface area contributed by atoms with Gasteiger partial charge in [0.2, 0.25) is 5.91 Å². The van der Waals surface area contributed by atoms with Crippen molar-refractivity contribution in [1.29, 1.82) is 0 Å². The molecule has 2 aliphatic rings. The summed E-state index contributed by atoms with van der Waals surface area (Å²) in [6, 6.07) is 11.8. The Morgan fingerprint density at radius 1 is 1.00 bits per heavy atom. The zero-order valence-corrected chi connectivity index (χ0v) is 24.4. The fourth-order valence-corrected chi connectivity index (χ4v) is 7.76. The van der Waals surface area contributed by atoms with E-state index in [9.17, 15) is 23.1 Å². The van der Waals surface area contributed by atoms with Crippen LogP contribution < -0.4 is 19.5 Å². The molecular weight excluding hydrogens is 593 g/mol. The summed E-state index contributed by atoms with van der Waals surface area (Å²) in [5, 5.41) is 12.9. The van der Waals surface area contributed by atoms with Crippen LogP contribution in [-0.4, -0.2) is 63.1 Å². The molecule has 0 aliphatic carbocycles. The summed E-state index contributed by atoms with van der Waals surface area (Å²) < 4.78 is 40.4. The number of methoxy groups -OCH3 is 2. The van der Waals surface area contributed by atoms with E-state index in [1.165, 1.54) is 67.7 Å². The number of halogens is 2. The topological polar surface area (TPSA) is 139 Å². The first-order valence-electron chi connectivity index (χ1n) is 12.6. The number of benzene rings is 3. The Hall–Kier alpha value is -3.51. The average Bonchev–Trinajstić information content (AvgIpc) is 3.55. The van der Waals surface area contributed by atoms with Gasteiger partial charge in [0.25, 0.3) is 15.9 Å². The third-order valence-electron chi connectivity index (χ3n) is 7.53. The van der Waals surface area contributed by atoms with Crippen LogP contribution in [0.4, 0.5) is 5.69 Å². The lowest BCUT2D eigenvalue weighted by Gasteiger charge is -2.38. The van der Waals surface area contributed by atoms with Crippen LogP contribution in [0.15, 0.2) is 65.6 Å².